The number of halogens is 1. The zero-order valence-corrected chi connectivity index (χ0v) is 13.0. The fourth-order valence-electron chi connectivity index (χ4n) is 2.04. The van der Waals surface area contributed by atoms with E-state index in [1.807, 2.05) is 6.07 Å². The van der Waals surface area contributed by atoms with Crippen molar-refractivity contribution in [2.24, 2.45) is 5.10 Å². The highest BCUT2D eigenvalue weighted by atomic mass is 19.1. The summed E-state index contributed by atoms with van der Waals surface area (Å²) in [6, 6.07) is 11.9. The van der Waals surface area contributed by atoms with E-state index in [9.17, 15) is 4.39 Å². The van der Waals surface area contributed by atoms with E-state index in [4.69, 9.17) is 9.47 Å². The highest BCUT2D eigenvalue weighted by Crippen LogP contribution is 2.28. The third-order valence-electron chi connectivity index (χ3n) is 3.28. The molecule has 122 valence electrons. The maximum atomic E-state index is 13.6. The second-order valence-electron chi connectivity index (χ2n) is 4.88. The summed E-state index contributed by atoms with van der Waals surface area (Å²) in [7, 11) is 1.55. The molecule has 0 aliphatic heterocycles. The van der Waals surface area contributed by atoms with Gasteiger partial charge in [-0.1, -0.05) is 18.2 Å². The van der Waals surface area contributed by atoms with Crippen LogP contribution in [-0.2, 0) is 6.61 Å². The van der Waals surface area contributed by atoms with E-state index in [-0.39, 0.29) is 12.4 Å². The van der Waals surface area contributed by atoms with E-state index < -0.39 is 0 Å². The molecule has 1 heterocycles. The first-order valence-corrected chi connectivity index (χ1v) is 7.19. The summed E-state index contributed by atoms with van der Waals surface area (Å²) in [6.07, 6.45) is 4.62. The first-order chi connectivity index (χ1) is 11.8. The molecule has 0 radical (unpaired) electrons. The molecule has 6 nitrogen and oxygen atoms in total. The van der Waals surface area contributed by atoms with Crippen molar-refractivity contribution in [2.45, 2.75) is 6.61 Å². The Hall–Kier alpha value is -3.22. The van der Waals surface area contributed by atoms with Crippen molar-refractivity contribution >= 4 is 6.21 Å². The standard InChI is InChI=1S/C17H15FN4O2/c1-23-17-8-13(9-21-22-11-19-20-12-22)6-7-16(17)24-10-14-4-2-3-5-15(14)18/h2-9,11-12H,10H2,1H3/b21-9-. The lowest BCUT2D eigenvalue weighted by atomic mass is 10.2. The summed E-state index contributed by atoms with van der Waals surface area (Å²) in [5.41, 5.74) is 1.30. The van der Waals surface area contributed by atoms with Gasteiger partial charge in [0.25, 0.3) is 0 Å². The summed E-state index contributed by atoms with van der Waals surface area (Å²) < 4.78 is 26.1. The van der Waals surface area contributed by atoms with Gasteiger partial charge < -0.3 is 9.47 Å². The van der Waals surface area contributed by atoms with E-state index in [0.29, 0.717) is 17.1 Å². The van der Waals surface area contributed by atoms with Crippen LogP contribution in [0.4, 0.5) is 4.39 Å². The first kappa shape index (κ1) is 15.7. The van der Waals surface area contributed by atoms with Crippen LogP contribution in [0.1, 0.15) is 11.1 Å². The molecule has 0 aliphatic rings. The van der Waals surface area contributed by atoms with Crippen LogP contribution in [0.3, 0.4) is 0 Å². The van der Waals surface area contributed by atoms with Crippen molar-refractivity contribution in [1.29, 1.82) is 0 Å². The van der Waals surface area contributed by atoms with Crippen molar-refractivity contribution < 1.29 is 13.9 Å². The molecule has 3 aromatic rings. The molecule has 0 amide bonds. The van der Waals surface area contributed by atoms with Crippen LogP contribution < -0.4 is 9.47 Å². The predicted molar refractivity (Wildman–Crippen MR) is 86.7 cm³/mol. The molecule has 0 saturated carbocycles. The van der Waals surface area contributed by atoms with Gasteiger partial charge in [0.05, 0.1) is 13.3 Å². The molecule has 0 fully saturated rings. The molecule has 2 aromatic carbocycles. The van der Waals surface area contributed by atoms with E-state index in [0.717, 1.165) is 5.56 Å². The van der Waals surface area contributed by atoms with Gasteiger partial charge in [-0.3, -0.25) is 0 Å². The lowest BCUT2D eigenvalue weighted by Crippen LogP contribution is -2.00. The van der Waals surface area contributed by atoms with Crippen molar-refractivity contribution in [3.05, 3.63) is 72.1 Å². The number of rotatable bonds is 6. The Morgan fingerprint density at radius 1 is 1.12 bits per heavy atom. The van der Waals surface area contributed by atoms with Gasteiger partial charge in [0.15, 0.2) is 11.5 Å². The Bertz CT molecular complexity index is 834. The minimum Gasteiger partial charge on any atom is -0.493 e. The van der Waals surface area contributed by atoms with Crippen LogP contribution in [0.25, 0.3) is 0 Å². The fourth-order valence-corrected chi connectivity index (χ4v) is 2.04. The van der Waals surface area contributed by atoms with E-state index >= 15 is 0 Å². The first-order valence-electron chi connectivity index (χ1n) is 7.19. The van der Waals surface area contributed by atoms with Gasteiger partial charge >= 0.3 is 0 Å². The van der Waals surface area contributed by atoms with Crippen molar-refractivity contribution in [3.8, 4) is 11.5 Å². The Kier molecular flexibility index (Phi) is 4.81. The highest BCUT2D eigenvalue weighted by Gasteiger charge is 2.07. The van der Waals surface area contributed by atoms with Crippen molar-refractivity contribution in [2.75, 3.05) is 7.11 Å². The average Bonchev–Trinajstić information content (AvgIpc) is 3.13. The third-order valence-corrected chi connectivity index (χ3v) is 3.28. The van der Waals surface area contributed by atoms with Gasteiger partial charge in [0, 0.05) is 5.56 Å². The van der Waals surface area contributed by atoms with Gasteiger partial charge in [-0.25, -0.2) is 9.07 Å². The monoisotopic (exact) mass is 326 g/mol. The molecule has 0 saturated heterocycles. The molecule has 0 atom stereocenters. The van der Waals surface area contributed by atoms with Gasteiger partial charge in [0.1, 0.15) is 25.1 Å². The molecular weight excluding hydrogens is 311 g/mol. The van der Waals surface area contributed by atoms with E-state index in [1.165, 1.54) is 23.4 Å². The number of aromatic nitrogens is 3. The topological polar surface area (TPSA) is 61.5 Å². The summed E-state index contributed by atoms with van der Waals surface area (Å²) in [6.45, 7) is 0.122. The molecule has 0 unspecified atom stereocenters. The number of methoxy groups -OCH3 is 1. The Labute approximate surface area is 138 Å². The van der Waals surface area contributed by atoms with E-state index in [2.05, 4.69) is 15.3 Å². The maximum absolute atomic E-state index is 13.6. The van der Waals surface area contributed by atoms with Gasteiger partial charge in [0.2, 0.25) is 0 Å². The Morgan fingerprint density at radius 3 is 2.67 bits per heavy atom. The lowest BCUT2D eigenvalue weighted by Gasteiger charge is -2.11. The zero-order chi connectivity index (χ0) is 16.8. The maximum Gasteiger partial charge on any atom is 0.161 e. The van der Waals surface area contributed by atoms with Crippen LogP contribution in [0.15, 0.2) is 60.2 Å². The summed E-state index contributed by atoms with van der Waals surface area (Å²) >= 11 is 0. The molecule has 0 spiro atoms. The predicted octanol–water partition coefficient (Wildman–Crippen LogP) is 2.89. The number of ether oxygens (including phenoxy) is 2. The number of hydrogen-bond donors (Lipinski definition) is 0. The molecule has 1 aromatic heterocycles. The molecule has 7 heteroatoms. The molecule has 0 N–H and O–H groups in total. The van der Waals surface area contributed by atoms with Crippen molar-refractivity contribution in [1.82, 2.24) is 14.9 Å². The fraction of sp³-hybridized carbons (Fsp3) is 0.118. The van der Waals surface area contributed by atoms with Crippen LogP contribution in [0, 0.1) is 5.82 Å². The number of nitrogens with zero attached hydrogens (tertiary/aromatic N) is 4. The highest BCUT2D eigenvalue weighted by molar-refractivity contribution is 5.80. The third kappa shape index (κ3) is 3.75. The normalized spacial score (nSPS) is 10.9. The van der Waals surface area contributed by atoms with Crippen LogP contribution in [0.5, 0.6) is 11.5 Å². The molecule has 0 bridgehead atoms. The quantitative estimate of drug-likeness (QED) is 0.654. The lowest BCUT2D eigenvalue weighted by molar-refractivity contribution is 0.279. The molecule has 24 heavy (non-hydrogen) atoms. The van der Waals surface area contributed by atoms with Crippen LogP contribution in [-0.4, -0.2) is 28.2 Å². The number of hydrogen-bond acceptors (Lipinski definition) is 5. The van der Waals surface area contributed by atoms with Crippen LogP contribution >= 0.6 is 0 Å². The Balaban J connectivity index is 1.73. The van der Waals surface area contributed by atoms with Gasteiger partial charge in [-0.15, -0.1) is 10.2 Å². The summed E-state index contributed by atoms with van der Waals surface area (Å²) in [5, 5.41) is 11.5. The van der Waals surface area contributed by atoms with Gasteiger partial charge in [-0.2, -0.15) is 5.10 Å². The Morgan fingerprint density at radius 2 is 1.92 bits per heavy atom. The zero-order valence-electron chi connectivity index (χ0n) is 13.0. The molecular formula is C17H15FN4O2. The largest absolute Gasteiger partial charge is 0.493 e. The second kappa shape index (κ2) is 7.36. The average molecular weight is 326 g/mol. The molecule has 0 aliphatic carbocycles. The smallest absolute Gasteiger partial charge is 0.161 e. The van der Waals surface area contributed by atoms with Gasteiger partial charge in [-0.05, 0) is 29.8 Å². The summed E-state index contributed by atoms with van der Waals surface area (Å²) in [4.78, 5) is 0. The van der Waals surface area contributed by atoms with Crippen molar-refractivity contribution in [3.63, 3.8) is 0 Å². The van der Waals surface area contributed by atoms with E-state index in [1.54, 1.807) is 43.7 Å². The summed E-state index contributed by atoms with van der Waals surface area (Å²) in [5.74, 6) is 0.774. The second-order valence-corrected chi connectivity index (χ2v) is 4.88. The minimum atomic E-state index is -0.297. The minimum absolute atomic E-state index is 0.122. The number of benzene rings is 2. The van der Waals surface area contributed by atoms with Crippen LogP contribution in [0.2, 0.25) is 0 Å². The SMILES string of the molecule is COc1cc(/C=N\n2cnnc2)ccc1OCc1ccccc1F. The molecule has 3 rings (SSSR count).